The monoisotopic (exact) mass is 319 g/mol. The van der Waals surface area contributed by atoms with Crippen LogP contribution in [0.3, 0.4) is 0 Å². The summed E-state index contributed by atoms with van der Waals surface area (Å²) in [7, 11) is -3.28. The molecule has 0 heterocycles. The van der Waals surface area contributed by atoms with Crippen molar-refractivity contribution in [3.05, 3.63) is 28.7 Å². The van der Waals surface area contributed by atoms with Crippen molar-refractivity contribution in [2.45, 2.75) is 13.3 Å². The smallest absolute Gasteiger partial charge is 0.239 e. The Morgan fingerprint density at radius 3 is 2.41 bits per heavy atom. The highest BCUT2D eigenvalue weighted by Crippen LogP contribution is 2.14. The molecule has 94 valence electrons. The summed E-state index contributed by atoms with van der Waals surface area (Å²) in [6.07, 6.45) is 0.522. The fourth-order valence-electron chi connectivity index (χ4n) is 1.31. The largest absolute Gasteiger partial charge is 0.325 e. The second-order valence-corrected chi connectivity index (χ2v) is 6.75. The lowest BCUT2D eigenvalue weighted by molar-refractivity contribution is -0.113. The third kappa shape index (κ3) is 5.32. The summed E-state index contributed by atoms with van der Waals surface area (Å²) < 4.78 is 23.7. The van der Waals surface area contributed by atoms with Crippen molar-refractivity contribution in [1.29, 1.82) is 0 Å². The highest BCUT2D eigenvalue weighted by atomic mass is 79.9. The summed E-state index contributed by atoms with van der Waals surface area (Å²) in [6, 6.07) is 6.95. The summed E-state index contributed by atoms with van der Waals surface area (Å²) in [4.78, 5) is 11.5. The molecule has 1 N–H and O–H groups in total. The van der Waals surface area contributed by atoms with Crippen molar-refractivity contribution < 1.29 is 13.2 Å². The molecule has 0 aromatic heterocycles. The number of carbonyl (C=O) groups is 1. The first-order chi connectivity index (χ1) is 7.93. The van der Waals surface area contributed by atoms with Gasteiger partial charge in [0.25, 0.3) is 0 Å². The van der Waals surface area contributed by atoms with E-state index >= 15 is 0 Å². The van der Waals surface area contributed by atoms with Crippen molar-refractivity contribution >= 4 is 37.4 Å². The average Bonchev–Trinajstić information content (AvgIpc) is 2.20. The van der Waals surface area contributed by atoms with Gasteiger partial charge in [0, 0.05) is 10.2 Å². The molecule has 6 heteroatoms. The molecule has 0 saturated carbocycles. The Balaban J connectivity index is 2.59. The molecule has 0 unspecified atom stereocenters. The fourth-order valence-corrected chi connectivity index (χ4v) is 2.82. The number of sulfone groups is 1. The van der Waals surface area contributed by atoms with Crippen LogP contribution < -0.4 is 5.32 Å². The first-order valence-electron chi connectivity index (χ1n) is 5.19. The molecule has 0 bridgehead atoms. The topological polar surface area (TPSA) is 63.2 Å². The number of rotatable bonds is 5. The van der Waals surface area contributed by atoms with Crippen molar-refractivity contribution in [3.63, 3.8) is 0 Å². The second kappa shape index (κ2) is 6.16. The standard InChI is InChI=1S/C11H14BrNO3S/c1-2-7-17(15,16)8-11(14)13-10-5-3-9(12)4-6-10/h3-6H,2,7-8H2,1H3,(H,13,14). The molecule has 0 aliphatic rings. The average molecular weight is 320 g/mol. The zero-order chi connectivity index (χ0) is 12.9. The predicted molar refractivity (Wildman–Crippen MR) is 71.7 cm³/mol. The van der Waals surface area contributed by atoms with Gasteiger partial charge in [0.05, 0.1) is 5.75 Å². The molecule has 0 fully saturated rings. The minimum absolute atomic E-state index is 0.0424. The molecule has 0 aliphatic carbocycles. The van der Waals surface area contributed by atoms with E-state index in [-0.39, 0.29) is 5.75 Å². The van der Waals surface area contributed by atoms with E-state index in [1.807, 2.05) is 0 Å². The summed E-state index contributed by atoms with van der Waals surface area (Å²) in [6.45, 7) is 1.77. The third-order valence-electron chi connectivity index (χ3n) is 1.99. The van der Waals surface area contributed by atoms with Gasteiger partial charge in [-0.25, -0.2) is 8.42 Å². The molecule has 0 aliphatic heterocycles. The molecule has 1 aromatic carbocycles. The Labute approximate surface area is 109 Å². The zero-order valence-corrected chi connectivity index (χ0v) is 11.8. The number of amides is 1. The summed E-state index contributed by atoms with van der Waals surface area (Å²) in [5.74, 6) is -0.918. The number of halogens is 1. The van der Waals surface area contributed by atoms with Gasteiger partial charge in [-0.1, -0.05) is 22.9 Å². The number of benzene rings is 1. The summed E-state index contributed by atoms with van der Waals surface area (Å²) in [5.41, 5.74) is 0.588. The lowest BCUT2D eigenvalue weighted by atomic mass is 10.3. The predicted octanol–water partition coefficient (Wildman–Crippen LogP) is 2.21. The first-order valence-corrected chi connectivity index (χ1v) is 7.80. The summed E-state index contributed by atoms with van der Waals surface area (Å²) >= 11 is 3.27. The number of hydrogen-bond acceptors (Lipinski definition) is 3. The van der Waals surface area contributed by atoms with Gasteiger partial charge >= 0.3 is 0 Å². The first kappa shape index (κ1) is 14.2. The van der Waals surface area contributed by atoms with E-state index in [0.29, 0.717) is 12.1 Å². The Bertz CT molecular complexity index is 482. The Morgan fingerprint density at radius 2 is 1.88 bits per heavy atom. The molecule has 0 atom stereocenters. The van der Waals surface area contributed by atoms with E-state index in [1.165, 1.54) is 0 Å². The molecule has 0 radical (unpaired) electrons. The van der Waals surface area contributed by atoms with Crippen LogP contribution in [0.1, 0.15) is 13.3 Å². The van der Waals surface area contributed by atoms with E-state index in [4.69, 9.17) is 0 Å². The van der Waals surface area contributed by atoms with Gasteiger partial charge in [-0.3, -0.25) is 4.79 Å². The highest BCUT2D eigenvalue weighted by Gasteiger charge is 2.15. The molecule has 1 rings (SSSR count). The van der Waals surface area contributed by atoms with Crippen LogP contribution in [0, 0.1) is 0 Å². The zero-order valence-electron chi connectivity index (χ0n) is 9.44. The Morgan fingerprint density at radius 1 is 1.29 bits per heavy atom. The number of nitrogens with one attached hydrogen (secondary N) is 1. The van der Waals surface area contributed by atoms with Crippen LogP contribution in [0.5, 0.6) is 0 Å². The van der Waals surface area contributed by atoms with E-state index in [9.17, 15) is 13.2 Å². The van der Waals surface area contributed by atoms with Crippen molar-refractivity contribution in [2.75, 3.05) is 16.8 Å². The lowest BCUT2D eigenvalue weighted by Crippen LogP contribution is -2.24. The molecule has 4 nitrogen and oxygen atoms in total. The van der Waals surface area contributed by atoms with Gasteiger partial charge in [-0.2, -0.15) is 0 Å². The molecular formula is C11H14BrNO3S. The van der Waals surface area contributed by atoms with Crippen molar-refractivity contribution in [3.8, 4) is 0 Å². The molecule has 1 aromatic rings. The van der Waals surface area contributed by atoms with Crippen LogP contribution in [0.15, 0.2) is 28.7 Å². The van der Waals surface area contributed by atoms with Gasteiger partial charge < -0.3 is 5.32 Å². The van der Waals surface area contributed by atoms with Gasteiger partial charge in [0.15, 0.2) is 9.84 Å². The Hall–Kier alpha value is -0.880. The van der Waals surface area contributed by atoms with Crippen LogP contribution in [0.4, 0.5) is 5.69 Å². The van der Waals surface area contributed by atoms with E-state index < -0.39 is 21.5 Å². The Kier molecular flexibility index (Phi) is 5.14. The van der Waals surface area contributed by atoms with Gasteiger partial charge in [0.2, 0.25) is 5.91 Å². The van der Waals surface area contributed by atoms with Gasteiger partial charge in [-0.05, 0) is 30.7 Å². The van der Waals surface area contributed by atoms with Crippen LogP contribution in [0.25, 0.3) is 0 Å². The second-order valence-electron chi connectivity index (χ2n) is 3.65. The molecule has 1 amide bonds. The number of hydrogen-bond donors (Lipinski definition) is 1. The fraction of sp³-hybridized carbons (Fsp3) is 0.364. The van der Waals surface area contributed by atoms with E-state index in [2.05, 4.69) is 21.2 Å². The lowest BCUT2D eigenvalue weighted by Gasteiger charge is -2.05. The van der Waals surface area contributed by atoms with Crippen LogP contribution in [-0.4, -0.2) is 25.8 Å². The third-order valence-corrected chi connectivity index (χ3v) is 4.26. The van der Waals surface area contributed by atoms with Gasteiger partial charge in [-0.15, -0.1) is 0 Å². The van der Waals surface area contributed by atoms with E-state index in [1.54, 1.807) is 31.2 Å². The highest BCUT2D eigenvalue weighted by molar-refractivity contribution is 9.10. The van der Waals surface area contributed by atoms with Crippen LogP contribution >= 0.6 is 15.9 Å². The van der Waals surface area contributed by atoms with Crippen molar-refractivity contribution in [1.82, 2.24) is 0 Å². The molecular weight excluding hydrogens is 306 g/mol. The number of anilines is 1. The SMILES string of the molecule is CCCS(=O)(=O)CC(=O)Nc1ccc(Br)cc1. The van der Waals surface area contributed by atoms with Gasteiger partial charge in [0.1, 0.15) is 5.75 Å². The molecule has 17 heavy (non-hydrogen) atoms. The van der Waals surface area contributed by atoms with Crippen molar-refractivity contribution in [2.24, 2.45) is 0 Å². The molecule has 0 spiro atoms. The maximum absolute atomic E-state index is 11.5. The minimum atomic E-state index is -3.28. The van der Waals surface area contributed by atoms with E-state index in [0.717, 1.165) is 4.47 Å². The molecule has 0 saturated heterocycles. The van der Waals surface area contributed by atoms with Crippen LogP contribution in [-0.2, 0) is 14.6 Å². The number of carbonyl (C=O) groups excluding carboxylic acids is 1. The van der Waals surface area contributed by atoms with Crippen LogP contribution in [0.2, 0.25) is 0 Å². The maximum atomic E-state index is 11.5. The maximum Gasteiger partial charge on any atom is 0.239 e. The summed E-state index contributed by atoms with van der Waals surface area (Å²) in [5, 5.41) is 2.54. The normalized spacial score (nSPS) is 11.2. The quantitative estimate of drug-likeness (QED) is 0.905. The minimum Gasteiger partial charge on any atom is -0.325 e.